The number of nitriles is 1. The maximum atomic E-state index is 14.2. The van der Waals surface area contributed by atoms with Crippen LogP contribution in [0, 0.1) is 11.3 Å². The van der Waals surface area contributed by atoms with Gasteiger partial charge in [-0.05, 0) is 37.3 Å². The van der Waals surface area contributed by atoms with Gasteiger partial charge in [-0.3, -0.25) is 4.68 Å². The van der Waals surface area contributed by atoms with Crippen molar-refractivity contribution >= 4 is 16.6 Å². The number of halogens is 3. The highest BCUT2D eigenvalue weighted by Gasteiger charge is 2.36. The van der Waals surface area contributed by atoms with Crippen LogP contribution in [0.25, 0.3) is 33.5 Å². The van der Waals surface area contributed by atoms with E-state index in [1.165, 1.54) is 10.9 Å². The molecule has 0 aliphatic carbocycles. The number of hydrogen-bond donors (Lipinski definition) is 1. The van der Waals surface area contributed by atoms with Crippen molar-refractivity contribution in [3.8, 4) is 28.7 Å². The number of hydrogen-bond acceptors (Lipinski definition) is 4. The van der Waals surface area contributed by atoms with Crippen LogP contribution < -0.4 is 5.32 Å². The van der Waals surface area contributed by atoms with Gasteiger partial charge in [-0.25, -0.2) is 4.98 Å². The van der Waals surface area contributed by atoms with Gasteiger partial charge in [-0.15, -0.1) is 0 Å². The Morgan fingerprint density at radius 3 is 2.63 bits per heavy atom. The molecule has 0 aliphatic heterocycles. The second kappa shape index (κ2) is 8.36. The summed E-state index contributed by atoms with van der Waals surface area (Å²) < 4.78 is 47.4. The van der Waals surface area contributed by atoms with Gasteiger partial charge >= 0.3 is 6.18 Å². The SMILES string of the molecule is CCNc1cc(-n2cc(C(F)(F)F)c3c(-n4cnc(-c5cnn(C)c5)c4)cccc32)ccc1C#N. The molecule has 0 unspecified atom stereocenters. The largest absolute Gasteiger partial charge is 0.418 e. The fraction of sp³-hybridized carbons (Fsp3) is 0.160. The number of rotatable bonds is 5. The average molecular weight is 475 g/mol. The zero-order chi connectivity index (χ0) is 24.7. The van der Waals surface area contributed by atoms with Crippen LogP contribution in [-0.2, 0) is 13.2 Å². The Labute approximate surface area is 198 Å². The van der Waals surface area contributed by atoms with Crippen molar-refractivity contribution < 1.29 is 13.2 Å². The lowest BCUT2D eigenvalue weighted by molar-refractivity contribution is -0.136. The van der Waals surface area contributed by atoms with E-state index in [-0.39, 0.29) is 5.39 Å². The number of anilines is 1. The van der Waals surface area contributed by atoms with Gasteiger partial charge in [0.1, 0.15) is 6.07 Å². The zero-order valence-electron chi connectivity index (χ0n) is 18.9. The predicted octanol–water partition coefficient (Wildman–Crippen LogP) is 5.54. The fourth-order valence-electron chi connectivity index (χ4n) is 4.19. The number of nitrogens with one attached hydrogen (secondary N) is 1. The van der Waals surface area contributed by atoms with Gasteiger partial charge < -0.3 is 14.5 Å². The number of benzene rings is 2. The van der Waals surface area contributed by atoms with Crippen LogP contribution in [0.3, 0.4) is 0 Å². The van der Waals surface area contributed by atoms with E-state index in [2.05, 4.69) is 21.5 Å². The summed E-state index contributed by atoms with van der Waals surface area (Å²) in [6.45, 7) is 2.46. The molecular weight excluding hydrogens is 455 g/mol. The first-order valence-corrected chi connectivity index (χ1v) is 10.8. The average Bonchev–Trinajstić information content (AvgIpc) is 3.57. The highest BCUT2D eigenvalue weighted by molar-refractivity contribution is 5.94. The molecule has 10 heteroatoms. The van der Waals surface area contributed by atoms with Crippen molar-refractivity contribution in [3.05, 3.63) is 78.6 Å². The third kappa shape index (κ3) is 3.91. The molecule has 0 atom stereocenters. The maximum Gasteiger partial charge on any atom is 0.418 e. The molecule has 1 N–H and O–H groups in total. The van der Waals surface area contributed by atoms with Gasteiger partial charge in [0.2, 0.25) is 0 Å². The van der Waals surface area contributed by atoms with Crippen molar-refractivity contribution in [2.75, 3.05) is 11.9 Å². The lowest BCUT2D eigenvalue weighted by atomic mass is 10.1. The van der Waals surface area contributed by atoms with E-state index in [4.69, 9.17) is 0 Å². The van der Waals surface area contributed by atoms with Gasteiger partial charge in [0.15, 0.2) is 0 Å². The van der Waals surface area contributed by atoms with Crippen LogP contribution in [-0.4, -0.2) is 30.4 Å². The quantitative estimate of drug-likeness (QED) is 0.362. The van der Waals surface area contributed by atoms with Crippen LogP contribution in [0.5, 0.6) is 0 Å². The first-order chi connectivity index (χ1) is 16.8. The van der Waals surface area contributed by atoms with Crippen molar-refractivity contribution in [3.63, 3.8) is 0 Å². The van der Waals surface area contributed by atoms with Crippen molar-refractivity contribution in [2.45, 2.75) is 13.1 Å². The van der Waals surface area contributed by atoms with Crippen molar-refractivity contribution in [2.24, 2.45) is 7.05 Å². The molecule has 0 aliphatic rings. The summed E-state index contributed by atoms with van der Waals surface area (Å²) in [6, 6.07) is 12.0. The summed E-state index contributed by atoms with van der Waals surface area (Å²) in [5.41, 5.74) is 2.86. The lowest BCUT2D eigenvalue weighted by Crippen LogP contribution is -2.05. The second-order valence-corrected chi connectivity index (χ2v) is 8.02. The molecule has 5 rings (SSSR count). The fourth-order valence-corrected chi connectivity index (χ4v) is 4.19. The van der Waals surface area contributed by atoms with E-state index in [1.54, 1.807) is 71.3 Å². The Hall–Kier alpha value is -4.52. The first-order valence-electron chi connectivity index (χ1n) is 10.8. The number of alkyl halides is 3. The van der Waals surface area contributed by atoms with Crippen LogP contribution in [0.15, 0.2) is 67.5 Å². The number of nitrogens with zero attached hydrogens (tertiary/aromatic N) is 6. The third-order valence-corrected chi connectivity index (χ3v) is 5.74. The van der Waals surface area contributed by atoms with E-state index in [1.807, 2.05) is 6.92 Å². The van der Waals surface area contributed by atoms with E-state index < -0.39 is 11.7 Å². The summed E-state index contributed by atoms with van der Waals surface area (Å²) in [4.78, 5) is 4.37. The molecule has 3 heterocycles. The number of imidazole rings is 1. The van der Waals surface area contributed by atoms with Gasteiger partial charge in [0.25, 0.3) is 0 Å². The molecule has 5 aromatic rings. The topological polar surface area (TPSA) is 76.4 Å². The van der Waals surface area contributed by atoms with Gasteiger partial charge in [0, 0.05) is 48.8 Å². The summed E-state index contributed by atoms with van der Waals surface area (Å²) in [5, 5.41) is 16.7. The molecule has 0 radical (unpaired) electrons. The van der Waals surface area contributed by atoms with E-state index >= 15 is 0 Å². The Morgan fingerprint density at radius 1 is 1.11 bits per heavy atom. The van der Waals surface area contributed by atoms with E-state index in [9.17, 15) is 18.4 Å². The Balaban J connectivity index is 1.72. The second-order valence-electron chi connectivity index (χ2n) is 8.02. The zero-order valence-corrected chi connectivity index (χ0v) is 18.9. The molecule has 0 amide bonds. The minimum Gasteiger partial charge on any atom is -0.384 e. The lowest BCUT2D eigenvalue weighted by Gasteiger charge is -2.11. The summed E-state index contributed by atoms with van der Waals surface area (Å²) in [5.74, 6) is 0. The van der Waals surface area contributed by atoms with Gasteiger partial charge in [-0.1, -0.05) is 6.07 Å². The minimum atomic E-state index is -4.58. The van der Waals surface area contributed by atoms with Crippen LogP contribution >= 0.6 is 0 Å². The normalized spacial score (nSPS) is 11.7. The molecule has 0 spiro atoms. The highest BCUT2D eigenvalue weighted by Crippen LogP contribution is 2.40. The Kier molecular flexibility index (Phi) is 5.32. The molecule has 0 saturated carbocycles. The molecular formula is C25H20F3N7. The van der Waals surface area contributed by atoms with Crippen LogP contribution in [0.2, 0.25) is 0 Å². The molecule has 35 heavy (non-hydrogen) atoms. The van der Waals surface area contributed by atoms with Gasteiger partial charge in [-0.2, -0.15) is 23.5 Å². The van der Waals surface area contributed by atoms with Crippen molar-refractivity contribution in [1.29, 1.82) is 5.26 Å². The first kappa shape index (κ1) is 22.3. The maximum absolute atomic E-state index is 14.2. The molecule has 0 bridgehead atoms. The summed E-state index contributed by atoms with van der Waals surface area (Å²) >= 11 is 0. The van der Waals surface area contributed by atoms with Crippen LogP contribution in [0.1, 0.15) is 18.1 Å². The smallest absolute Gasteiger partial charge is 0.384 e. The monoisotopic (exact) mass is 475 g/mol. The van der Waals surface area contributed by atoms with Crippen molar-refractivity contribution in [1.82, 2.24) is 23.9 Å². The molecule has 0 fully saturated rings. The molecule has 7 nitrogen and oxygen atoms in total. The highest BCUT2D eigenvalue weighted by atomic mass is 19.4. The Morgan fingerprint density at radius 2 is 1.94 bits per heavy atom. The molecule has 0 saturated heterocycles. The van der Waals surface area contributed by atoms with E-state index in [0.29, 0.717) is 40.4 Å². The third-order valence-electron chi connectivity index (χ3n) is 5.74. The minimum absolute atomic E-state index is 0.0597. The number of fused-ring (bicyclic) bond motifs is 1. The molecule has 2 aromatic carbocycles. The Bertz CT molecular complexity index is 1580. The molecule has 3 aromatic heterocycles. The molecule has 176 valence electrons. The predicted molar refractivity (Wildman–Crippen MR) is 126 cm³/mol. The number of aryl methyl sites for hydroxylation is 1. The van der Waals surface area contributed by atoms with Crippen LogP contribution in [0.4, 0.5) is 18.9 Å². The number of aromatic nitrogens is 5. The standard InChI is InChI=1S/C25H20F3N7/c1-3-30-20-9-18(8-7-16(20)10-29)35-13-19(25(26,27)28)24-22(5-4-6-23(24)35)34-14-21(31-15-34)17-11-32-33(2)12-17/h4-9,11-15,30H,3H2,1-2H3. The summed E-state index contributed by atoms with van der Waals surface area (Å²) in [7, 11) is 1.78. The van der Waals surface area contributed by atoms with Gasteiger partial charge in [0.05, 0.1) is 46.2 Å². The summed E-state index contributed by atoms with van der Waals surface area (Å²) in [6.07, 6.45) is 3.15. The van der Waals surface area contributed by atoms with E-state index in [0.717, 1.165) is 11.8 Å².